The minimum absolute atomic E-state index is 0.0176. The van der Waals surface area contributed by atoms with Gasteiger partial charge in [0.2, 0.25) is 5.91 Å². The van der Waals surface area contributed by atoms with Crippen molar-refractivity contribution in [1.82, 2.24) is 14.7 Å². The zero-order valence-electron chi connectivity index (χ0n) is 25.4. The quantitative estimate of drug-likeness (QED) is 0.150. The van der Waals surface area contributed by atoms with E-state index in [0.717, 1.165) is 64.7 Å². The van der Waals surface area contributed by atoms with Crippen LogP contribution < -0.4 is 11.1 Å². The number of amides is 1. The second-order valence-electron chi connectivity index (χ2n) is 12.0. The molecule has 6 nitrogen and oxygen atoms in total. The maximum absolute atomic E-state index is 13.8. The Morgan fingerprint density at radius 1 is 0.756 bits per heavy atom. The van der Waals surface area contributed by atoms with Crippen molar-refractivity contribution in [2.75, 3.05) is 31.2 Å². The van der Waals surface area contributed by atoms with Gasteiger partial charge >= 0.3 is 0 Å². The number of carbonyl (C=O) groups is 1. The van der Waals surface area contributed by atoms with Crippen LogP contribution in [0.15, 0.2) is 133 Å². The largest absolute Gasteiger partial charge is 0.398 e. The molecule has 0 unspecified atom stereocenters. The van der Waals surface area contributed by atoms with E-state index in [2.05, 4.69) is 113 Å². The molecule has 0 atom stereocenters. The molecule has 1 amide bonds. The summed E-state index contributed by atoms with van der Waals surface area (Å²) in [5, 5.41) is 9.50. The zero-order chi connectivity index (χ0) is 30.8. The Morgan fingerprint density at radius 2 is 1.29 bits per heavy atom. The van der Waals surface area contributed by atoms with E-state index in [4.69, 9.17) is 10.8 Å². The van der Waals surface area contributed by atoms with Crippen LogP contribution in [0.25, 0.3) is 22.0 Å². The Morgan fingerprint density at radius 3 is 1.84 bits per heavy atom. The molecule has 1 saturated heterocycles. The molecule has 1 fully saturated rings. The second kappa shape index (κ2) is 12.1. The Bertz CT molecular complexity index is 1830. The minimum Gasteiger partial charge on any atom is -0.398 e. The van der Waals surface area contributed by atoms with Crippen LogP contribution in [0.2, 0.25) is 0 Å². The molecule has 0 radical (unpaired) electrons. The van der Waals surface area contributed by atoms with Gasteiger partial charge in [-0.2, -0.15) is 5.10 Å². The first-order chi connectivity index (χ1) is 22.1. The van der Waals surface area contributed by atoms with Crippen LogP contribution in [0.4, 0.5) is 11.5 Å². The van der Waals surface area contributed by atoms with Crippen molar-refractivity contribution in [3.8, 4) is 11.1 Å². The van der Waals surface area contributed by atoms with Gasteiger partial charge in [0.1, 0.15) is 5.54 Å². The Hall–Kier alpha value is -5.20. The molecule has 1 aromatic heterocycles. The summed E-state index contributed by atoms with van der Waals surface area (Å²) in [5.74, 6) is 0.512. The molecule has 0 aliphatic carbocycles. The molecule has 0 saturated carbocycles. The average molecular weight is 592 g/mol. The highest BCUT2D eigenvalue weighted by Gasteiger charge is 2.41. The van der Waals surface area contributed by atoms with Gasteiger partial charge in [-0.1, -0.05) is 115 Å². The highest BCUT2D eigenvalue weighted by molar-refractivity contribution is 6.02. The van der Waals surface area contributed by atoms with Gasteiger partial charge in [-0.3, -0.25) is 4.79 Å². The number of anilines is 2. The van der Waals surface area contributed by atoms with Gasteiger partial charge in [0.15, 0.2) is 5.82 Å². The molecular weight excluding hydrogens is 554 g/mol. The first kappa shape index (κ1) is 28.6. The number of para-hydroxylation sites is 1. The summed E-state index contributed by atoms with van der Waals surface area (Å²) in [5.41, 5.74) is 12.3. The molecule has 2 heterocycles. The number of nitrogens with zero attached hydrogens (tertiary/aromatic N) is 3. The third kappa shape index (κ3) is 5.17. The smallest absolute Gasteiger partial charge is 0.228 e. The summed E-state index contributed by atoms with van der Waals surface area (Å²) in [6, 6.07) is 45.7. The summed E-state index contributed by atoms with van der Waals surface area (Å²) < 4.78 is 2.10. The van der Waals surface area contributed by atoms with Gasteiger partial charge in [0.05, 0.1) is 5.52 Å². The van der Waals surface area contributed by atoms with E-state index in [1.807, 2.05) is 42.5 Å². The number of likely N-dealkylation sites (tertiary alicyclic amines) is 1. The van der Waals surface area contributed by atoms with Crippen LogP contribution in [-0.2, 0) is 10.3 Å². The van der Waals surface area contributed by atoms with Crippen LogP contribution in [0.3, 0.4) is 0 Å². The van der Waals surface area contributed by atoms with E-state index in [-0.39, 0.29) is 11.8 Å². The van der Waals surface area contributed by atoms with Gasteiger partial charge in [-0.15, -0.1) is 0 Å². The normalized spacial score (nSPS) is 14.4. The van der Waals surface area contributed by atoms with Crippen molar-refractivity contribution in [2.45, 2.75) is 18.4 Å². The lowest BCUT2D eigenvalue weighted by molar-refractivity contribution is -0.121. The number of carbonyl (C=O) groups excluding carboxylic acids is 1. The van der Waals surface area contributed by atoms with E-state index in [0.29, 0.717) is 11.5 Å². The summed E-state index contributed by atoms with van der Waals surface area (Å²) in [4.78, 5) is 16.1. The number of hydrogen-bond acceptors (Lipinski definition) is 4. The minimum atomic E-state index is -0.828. The van der Waals surface area contributed by atoms with Gasteiger partial charge in [0.25, 0.3) is 0 Å². The number of piperidine rings is 1. The number of nitrogens with two attached hydrogens (primary N) is 1. The van der Waals surface area contributed by atoms with E-state index < -0.39 is 5.54 Å². The Labute approximate surface area is 264 Å². The van der Waals surface area contributed by atoms with Gasteiger partial charge in [-0.25, -0.2) is 4.68 Å². The predicted molar refractivity (Wildman–Crippen MR) is 183 cm³/mol. The van der Waals surface area contributed by atoms with Crippen molar-refractivity contribution in [3.63, 3.8) is 0 Å². The Balaban J connectivity index is 1.50. The fourth-order valence-corrected chi connectivity index (χ4v) is 6.79. The molecule has 45 heavy (non-hydrogen) atoms. The molecule has 1 aliphatic rings. The summed E-state index contributed by atoms with van der Waals surface area (Å²) in [6.07, 6.45) is 1.66. The number of nitrogen functional groups attached to an aromatic ring is 1. The molecule has 0 bridgehead atoms. The first-order valence-electron chi connectivity index (χ1n) is 15.6. The summed E-state index contributed by atoms with van der Waals surface area (Å²) in [6.45, 7) is 1.81. The topological polar surface area (TPSA) is 76.2 Å². The number of hydrogen-bond donors (Lipinski definition) is 2. The maximum atomic E-state index is 13.8. The average Bonchev–Trinajstić information content (AvgIpc) is 3.44. The standard InChI is InChI=1S/C39H37N5O/c1-43-25-23-28(24-26-43)38(45)41-37-34-27-29(33-19-11-12-20-35(33)40)21-22-36(34)44(42-37)39(30-13-5-2-6-14-30,31-15-7-3-8-16-31)32-17-9-4-10-18-32/h2-22,27-28H,23-26,40H2,1H3,(H,41,42,45). The fourth-order valence-electron chi connectivity index (χ4n) is 6.79. The molecule has 5 aromatic carbocycles. The van der Waals surface area contributed by atoms with Crippen LogP contribution in [-0.4, -0.2) is 40.7 Å². The van der Waals surface area contributed by atoms with Crippen LogP contribution >= 0.6 is 0 Å². The SMILES string of the molecule is CN1CCC(C(=O)Nc2nn(C(c3ccccc3)(c3ccccc3)c3ccccc3)c3ccc(-c4ccccc4N)cc23)CC1. The van der Waals surface area contributed by atoms with Gasteiger partial charge in [-0.05, 0) is 73.4 Å². The molecule has 6 heteroatoms. The lowest BCUT2D eigenvalue weighted by Crippen LogP contribution is -2.39. The van der Waals surface area contributed by atoms with E-state index in [1.165, 1.54) is 0 Å². The van der Waals surface area contributed by atoms with E-state index >= 15 is 0 Å². The second-order valence-corrected chi connectivity index (χ2v) is 12.0. The van der Waals surface area contributed by atoms with E-state index in [9.17, 15) is 4.79 Å². The lowest BCUT2D eigenvalue weighted by Gasteiger charge is -2.37. The maximum Gasteiger partial charge on any atom is 0.228 e. The summed E-state index contributed by atoms with van der Waals surface area (Å²) >= 11 is 0. The molecular formula is C39H37N5O. The third-order valence-electron chi connectivity index (χ3n) is 9.18. The molecule has 1 aliphatic heterocycles. The van der Waals surface area contributed by atoms with Crippen molar-refractivity contribution in [1.29, 1.82) is 0 Å². The van der Waals surface area contributed by atoms with Crippen molar-refractivity contribution >= 4 is 28.3 Å². The summed E-state index contributed by atoms with van der Waals surface area (Å²) in [7, 11) is 2.11. The van der Waals surface area contributed by atoms with Gasteiger partial charge in [0, 0.05) is 22.6 Å². The molecule has 224 valence electrons. The number of benzene rings is 5. The number of rotatable bonds is 7. The van der Waals surface area contributed by atoms with Crippen LogP contribution in [0.5, 0.6) is 0 Å². The lowest BCUT2D eigenvalue weighted by atomic mass is 9.77. The van der Waals surface area contributed by atoms with Crippen molar-refractivity contribution in [3.05, 3.63) is 150 Å². The molecule has 7 rings (SSSR count). The van der Waals surface area contributed by atoms with Crippen LogP contribution in [0.1, 0.15) is 29.5 Å². The fraction of sp³-hybridized carbons (Fsp3) is 0.179. The number of fused-ring (bicyclic) bond motifs is 1. The Kier molecular flexibility index (Phi) is 7.66. The zero-order valence-corrected chi connectivity index (χ0v) is 25.4. The molecule has 6 aromatic rings. The monoisotopic (exact) mass is 591 g/mol. The van der Waals surface area contributed by atoms with Crippen molar-refractivity contribution < 1.29 is 4.79 Å². The highest BCUT2D eigenvalue weighted by atomic mass is 16.2. The first-order valence-corrected chi connectivity index (χ1v) is 15.6. The number of aromatic nitrogens is 2. The van der Waals surface area contributed by atoms with Gasteiger partial charge < -0.3 is 16.0 Å². The van der Waals surface area contributed by atoms with Crippen molar-refractivity contribution in [2.24, 2.45) is 5.92 Å². The van der Waals surface area contributed by atoms with E-state index in [1.54, 1.807) is 0 Å². The molecule has 0 spiro atoms. The van der Waals surface area contributed by atoms with Crippen LogP contribution in [0, 0.1) is 5.92 Å². The third-order valence-corrected chi connectivity index (χ3v) is 9.18. The predicted octanol–water partition coefficient (Wildman–Crippen LogP) is 7.41. The molecule has 3 N–H and O–H groups in total. The highest BCUT2D eigenvalue weighted by Crippen LogP contribution is 2.44. The number of nitrogens with one attached hydrogen (secondary N) is 1.